The van der Waals surface area contributed by atoms with Gasteiger partial charge in [-0.1, -0.05) is 0 Å². The maximum absolute atomic E-state index is 11.7. The van der Waals surface area contributed by atoms with Gasteiger partial charge in [0.2, 0.25) is 5.88 Å². The second-order valence-electron chi connectivity index (χ2n) is 2.27. The third kappa shape index (κ3) is 1.92. The normalized spacial score (nSPS) is 10.5. The predicted molar refractivity (Wildman–Crippen MR) is 38.5 cm³/mol. The zero-order valence-corrected chi connectivity index (χ0v) is 6.67. The Hall–Kier alpha value is -1.66. The van der Waals surface area contributed by atoms with E-state index in [1.54, 1.807) is 0 Å². The summed E-state index contributed by atoms with van der Waals surface area (Å²) in [6, 6.07) is 0. The molecule has 1 aromatic heterocycles. The highest BCUT2D eigenvalue weighted by atomic mass is 19.3. The van der Waals surface area contributed by atoms with E-state index in [2.05, 4.69) is 14.9 Å². The highest BCUT2D eigenvalue weighted by Crippen LogP contribution is 2.18. The first-order valence-electron chi connectivity index (χ1n) is 3.32. The molecule has 7 heteroatoms. The fourth-order valence-corrected chi connectivity index (χ4v) is 0.820. The molecule has 0 saturated heterocycles. The lowest BCUT2D eigenvalue weighted by Gasteiger charge is -1.99. The number of nitrogens with one attached hydrogen (secondary N) is 1. The van der Waals surface area contributed by atoms with Gasteiger partial charge in [-0.05, 0) is 6.92 Å². The summed E-state index contributed by atoms with van der Waals surface area (Å²) in [5.74, 6) is -1.09. The maximum Gasteiger partial charge on any atom is 0.388 e. The molecule has 3 N–H and O–H groups in total. The van der Waals surface area contributed by atoms with Crippen LogP contribution >= 0.6 is 0 Å². The number of halogens is 2. The molecule has 0 bridgehead atoms. The molecule has 0 atom stereocenters. The molecule has 0 radical (unpaired) electrons. The van der Waals surface area contributed by atoms with E-state index < -0.39 is 12.5 Å². The maximum atomic E-state index is 11.7. The molecule has 0 aliphatic carbocycles. The summed E-state index contributed by atoms with van der Waals surface area (Å²) in [4.78, 5) is 10.6. The third-order valence-electron chi connectivity index (χ3n) is 1.41. The summed E-state index contributed by atoms with van der Waals surface area (Å²) >= 11 is 0. The molecule has 5 nitrogen and oxygen atoms in total. The third-order valence-corrected chi connectivity index (χ3v) is 1.41. The Kier molecular flexibility index (Phi) is 2.45. The topological polar surface area (TPSA) is 81.0 Å². The molecule has 0 aromatic carbocycles. The smallest absolute Gasteiger partial charge is 0.388 e. The van der Waals surface area contributed by atoms with E-state index in [4.69, 9.17) is 5.73 Å². The zero-order chi connectivity index (χ0) is 10.0. The number of aromatic amines is 1. The summed E-state index contributed by atoms with van der Waals surface area (Å²) < 4.78 is 27.4. The van der Waals surface area contributed by atoms with Crippen molar-refractivity contribution in [2.75, 3.05) is 0 Å². The second kappa shape index (κ2) is 3.38. The van der Waals surface area contributed by atoms with Crippen LogP contribution < -0.4 is 10.5 Å². The molecule has 0 saturated carbocycles. The highest BCUT2D eigenvalue weighted by Gasteiger charge is 2.16. The fourth-order valence-electron chi connectivity index (χ4n) is 0.820. The van der Waals surface area contributed by atoms with Crippen LogP contribution in [0.25, 0.3) is 0 Å². The molecular weight excluding hydrogens is 184 g/mol. The molecule has 1 heterocycles. The van der Waals surface area contributed by atoms with Gasteiger partial charge < -0.3 is 10.5 Å². The standard InChI is InChI=1S/C6H7F2N3O2/c1-2-3(4(9)12)10-11-5(2)13-6(7)8/h6H,1H3,(H2,9,12)(H,10,11). The van der Waals surface area contributed by atoms with Crippen molar-refractivity contribution in [3.63, 3.8) is 0 Å². The van der Waals surface area contributed by atoms with Crippen molar-refractivity contribution < 1.29 is 18.3 Å². The van der Waals surface area contributed by atoms with E-state index in [0.29, 0.717) is 0 Å². The van der Waals surface area contributed by atoms with Gasteiger partial charge in [-0.2, -0.15) is 8.78 Å². The minimum Gasteiger partial charge on any atom is -0.415 e. The number of amides is 1. The number of ether oxygens (including phenoxy) is 1. The quantitative estimate of drug-likeness (QED) is 0.726. The van der Waals surface area contributed by atoms with Crippen molar-refractivity contribution in [2.24, 2.45) is 5.73 Å². The summed E-state index contributed by atoms with van der Waals surface area (Å²) in [7, 11) is 0. The molecule has 0 fully saturated rings. The Labute approximate surface area is 71.9 Å². The van der Waals surface area contributed by atoms with Crippen LogP contribution in [0.2, 0.25) is 0 Å². The first kappa shape index (κ1) is 9.43. The number of carbonyl (C=O) groups is 1. The Morgan fingerprint density at radius 2 is 2.31 bits per heavy atom. The molecule has 0 aliphatic rings. The second-order valence-corrected chi connectivity index (χ2v) is 2.27. The number of alkyl halides is 2. The summed E-state index contributed by atoms with van der Waals surface area (Å²) in [6.45, 7) is -1.57. The van der Waals surface area contributed by atoms with E-state index in [9.17, 15) is 13.6 Å². The van der Waals surface area contributed by atoms with E-state index in [1.165, 1.54) is 6.92 Å². The van der Waals surface area contributed by atoms with Crippen LogP contribution in [-0.4, -0.2) is 22.7 Å². The van der Waals surface area contributed by atoms with Crippen LogP contribution in [0.4, 0.5) is 8.78 Å². The van der Waals surface area contributed by atoms with Crippen LogP contribution in [0.3, 0.4) is 0 Å². The molecule has 0 aliphatic heterocycles. The van der Waals surface area contributed by atoms with E-state index in [1.807, 2.05) is 0 Å². The predicted octanol–water partition coefficient (Wildman–Crippen LogP) is 0.418. The largest absolute Gasteiger partial charge is 0.415 e. The number of hydrogen-bond acceptors (Lipinski definition) is 3. The summed E-state index contributed by atoms with van der Waals surface area (Å²) in [5.41, 5.74) is 5.05. The van der Waals surface area contributed by atoms with Gasteiger partial charge >= 0.3 is 6.61 Å². The Morgan fingerprint density at radius 3 is 2.69 bits per heavy atom. The Morgan fingerprint density at radius 1 is 1.69 bits per heavy atom. The number of aromatic nitrogens is 2. The monoisotopic (exact) mass is 191 g/mol. The van der Waals surface area contributed by atoms with Crippen LogP contribution in [0.5, 0.6) is 5.88 Å². The van der Waals surface area contributed by atoms with Crippen molar-refractivity contribution in [3.05, 3.63) is 11.3 Å². The molecule has 13 heavy (non-hydrogen) atoms. The number of rotatable bonds is 3. The average molecular weight is 191 g/mol. The lowest BCUT2D eigenvalue weighted by Crippen LogP contribution is -2.12. The first-order chi connectivity index (χ1) is 6.02. The number of nitrogens with zero attached hydrogens (tertiary/aromatic N) is 1. The van der Waals surface area contributed by atoms with Crippen LogP contribution in [0, 0.1) is 6.92 Å². The Balaban J connectivity index is 2.93. The SMILES string of the molecule is Cc1c(OC(F)F)n[nH]c1C(N)=O. The van der Waals surface area contributed by atoms with Gasteiger partial charge in [0, 0.05) is 5.56 Å². The number of carbonyl (C=O) groups excluding carboxylic acids is 1. The van der Waals surface area contributed by atoms with Crippen molar-refractivity contribution in [3.8, 4) is 5.88 Å². The molecule has 1 rings (SSSR count). The molecule has 1 amide bonds. The number of hydrogen-bond donors (Lipinski definition) is 2. The van der Waals surface area contributed by atoms with Gasteiger partial charge in [0.05, 0.1) is 0 Å². The average Bonchev–Trinajstić information content (AvgIpc) is 2.32. The lowest BCUT2D eigenvalue weighted by atomic mass is 10.2. The van der Waals surface area contributed by atoms with E-state index in [-0.39, 0.29) is 17.1 Å². The van der Waals surface area contributed by atoms with Crippen LogP contribution in [0.15, 0.2) is 0 Å². The summed E-state index contributed by atoms with van der Waals surface area (Å²) in [6.07, 6.45) is 0. The van der Waals surface area contributed by atoms with Gasteiger partial charge in [0.1, 0.15) is 5.69 Å². The van der Waals surface area contributed by atoms with Crippen molar-refractivity contribution >= 4 is 5.91 Å². The summed E-state index contributed by atoms with van der Waals surface area (Å²) in [5, 5.41) is 5.55. The van der Waals surface area contributed by atoms with Crippen LogP contribution in [0.1, 0.15) is 16.1 Å². The first-order valence-corrected chi connectivity index (χ1v) is 3.32. The minimum absolute atomic E-state index is 0.0318. The van der Waals surface area contributed by atoms with Crippen LogP contribution in [-0.2, 0) is 0 Å². The van der Waals surface area contributed by atoms with E-state index in [0.717, 1.165) is 0 Å². The fraction of sp³-hybridized carbons (Fsp3) is 0.333. The molecule has 1 aromatic rings. The molecule has 0 unspecified atom stereocenters. The molecular formula is C6H7F2N3O2. The number of H-pyrrole nitrogens is 1. The van der Waals surface area contributed by atoms with Crippen molar-refractivity contribution in [1.82, 2.24) is 10.2 Å². The van der Waals surface area contributed by atoms with Gasteiger partial charge in [-0.3, -0.25) is 9.89 Å². The number of primary amides is 1. The van der Waals surface area contributed by atoms with Crippen molar-refractivity contribution in [1.29, 1.82) is 0 Å². The van der Waals surface area contributed by atoms with Crippen molar-refractivity contribution in [2.45, 2.75) is 13.5 Å². The zero-order valence-electron chi connectivity index (χ0n) is 6.67. The van der Waals surface area contributed by atoms with Gasteiger partial charge in [-0.15, -0.1) is 5.10 Å². The van der Waals surface area contributed by atoms with Gasteiger partial charge in [-0.25, -0.2) is 0 Å². The Bertz CT molecular complexity index is 324. The number of nitrogens with two attached hydrogens (primary N) is 1. The van der Waals surface area contributed by atoms with E-state index >= 15 is 0 Å². The highest BCUT2D eigenvalue weighted by molar-refractivity contribution is 5.92. The minimum atomic E-state index is -2.97. The molecule has 0 spiro atoms. The lowest BCUT2D eigenvalue weighted by molar-refractivity contribution is -0.0533. The molecule has 72 valence electrons. The van der Waals surface area contributed by atoms with Gasteiger partial charge in [0.15, 0.2) is 0 Å². The van der Waals surface area contributed by atoms with Gasteiger partial charge in [0.25, 0.3) is 5.91 Å².